The summed E-state index contributed by atoms with van der Waals surface area (Å²) in [4.78, 5) is 26.2. The van der Waals surface area contributed by atoms with Crippen LogP contribution in [0.3, 0.4) is 0 Å². The number of aromatic nitrogens is 2. The molecule has 0 saturated carbocycles. The lowest BCUT2D eigenvalue weighted by atomic mass is 9.95. The summed E-state index contributed by atoms with van der Waals surface area (Å²) >= 11 is 7.63. The van der Waals surface area contributed by atoms with Crippen LogP contribution in [0.5, 0.6) is 6.01 Å². The number of hydrogen-bond donors (Lipinski definition) is 1. The van der Waals surface area contributed by atoms with Gasteiger partial charge < -0.3 is 20.3 Å². The van der Waals surface area contributed by atoms with E-state index >= 15 is 8.78 Å². The molecule has 2 N–H and O–H groups in total. The fraction of sp³-hybridized carbons (Fsp3) is 0.394. The molecule has 0 bridgehead atoms. The van der Waals surface area contributed by atoms with Crippen molar-refractivity contribution >= 4 is 60.7 Å². The number of nitrogen functional groups attached to an aromatic ring is 1. The van der Waals surface area contributed by atoms with Gasteiger partial charge in [-0.05, 0) is 43.2 Å². The van der Waals surface area contributed by atoms with Crippen LogP contribution in [0.1, 0.15) is 24.8 Å². The highest BCUT2D eigenvalue weighted by Crippen LogP contribution is 2.46. The molecule has 48 heavy (non-hydrogen) atoms. The number of ether oxygens (including phenoxy) is 1. The van der Waals surface area contributed by atoms with E-state index in [0.717, 1.165) is 36.4 Å². The number of benzene rings is 2. The highest BCUT2D eigenvalue weighted by Gasteiger charge is 2.49. The molecule has 2 aromatic carbocycles. The van der Waals surface area contributed by atoms with Gasteiger partial charge in [-0.1, -0.05) is 24.2 Å². The second kappa shape index (κ2) is 12.0. The Labute approximate surface area is 282 Å². The van der Waals surface area contributed by atoms with Crippen LogP contribution < -0.4 is 15.4 Å². The number of alkyl halides is 2. The van der Waals surface area contributed by atoms with E-state index in [2.05, 4.69) is 21.4 Å². The van der Waals surface area contributed by atoms with Crippen molar-refractivity contribution in [3.05, 3.63) is 53.1 Å². The summed E-state index contributed by atoms with van der Waals surface area (Å²) in [7, 11) is 1.57. The Morgan fingerprint density at radius 1 is 1.31 bits per heavy atom. The predicted molar refractivity (Wildman–Crippen MR) is 177 cm³/mol. The molecule has 4 aromatic rings. The van der Waals surface area contributed by atoms with E-state index in [1.165, 1.54) is 21.9 Å². The number of thiophene rings is 1. The van der Waals surface area contributed by atoms with Crippen molar-refractivity contribution in [2.24, 2.45) is 0 Å². The van der Waals surface area contributed by atoms with Gasteiger partial charge in [0.05, 0.1) is 33.4 Å². The van der Waals surface area contributed by atoms with Crippen molar-refractivity contribution in [2.75, 3.05) is 50.5 Å². The number of nitrogens with zero attached hydrogens (tertiary/aromatic N) is 6. The predicted octanol–water partition coefficient (Wildman–Crippen LogP) is 6.02. The molecule has 4 atom stereocenters. The van der Waals surface area contributed by atoms with Crippen LogP contribution in [0.15, 0.2) is 30.9 Å². The monoisotopic (exact) mass is 699 g/mol. The fourth-order valence-corrected chi connectivity index (χ4v) is 8.72. The number of amides is 1. The molecule has 3 aliphatic rings. The molecule has 3 saturated heterocycles. The van der Waals surface area contributed by atoms with E-state index in [4.69, 9.17) is 22.1 Å². The molecule has 5 heterocycles. The smallest absolute Gasteiger partial charge is 0.319 e. The summed E-state index contributed by atoms with van der Waals surface area (Å²) in [6.07, 6.45) is 0.512. The van der Waals surface area contributed by atoms with Crippen LogP contribution in [0.4, 0.5) is 28.4 Å². The Kier molecular flexibility index (Phi) is 8.12. The second-order valence-corrected chi connectivity index (χ2v) is 14.0. The number of carbonyl (C=O) groups excluding carboxylic acids is 1. The van der Waals surface area contributed by atoms with Gasteiger partial charge in [0, 0.05) is 42.9 Å². The molecule has 0 radical (unpaired) electrons. The molecule has 15 heteroatoms. The van der Waals surface area contributed by atoms with Crippen molar-refractivity contribution in [1.29, 1.82) is 5.26 Å². The van der Waals surface area contributed by atoms with Crippen LogP contribution in [-0.4, -0.2) is 89.4 Å². The second-order valence-electron chi connectivity index (χ2n) is 12.5. The van der Waals surface area contributed by atoms with Gasteiger partial charge in [-0.2, -0.15) is 15.2 Å². The molecule has 0 unspecified atom stereocenters. The number of halogens is 5. The summed E-state index contributed by atoms with van der Waals surface area (Å²) in [6.45, 7) is 4.42. The average Bonchev–Trinajstić information content (AvgIpc) is 3.80. The van der Waals surface area contributed by atoms with Crippen molar-refractivity contribution in [1.82, 2.24) is 19.8 Å². The van der Waals surface area contributed by atoms with Crippen LogP contribution in [0.25, 0.3) is 32.1 Å². The van der Waals surface area contributed by atoms with E-state index in [-0.39, 0.29) is 85.6 Å². The van der Waals surface area contributed by atoms with Crippen LogP contribution in [-0.2, 0) is 4.79 Å². The van der Waals surface area contributed by atoms with Gasteiger partial charge in [0.1, 0.15) is 47.2 Å². The lowest BCUT2D eigenvalue weighted by molar-refractivity contribution is -0.125. The first-order chi connectivity index (χ1) is 23.0. The number of carbonyl (C=O) groups is 1. The number of anilines is 2. The van der Waals surface area contributed by atoms with Gasteiger partial charge in [0.2, 0.25) is 5.91 Å². The lowest BCUT2D eigenvalue weighted by Gasteiger charge is -2.31. The Morgan fingerprint density at radius 2 is 2.10 bits per heavy atom. The van der Waals surface area contributed by atoms with Crippen LogP contribution in [0.2, 0.25) is 5.02 Å². The minimum absolute atomic E-state index is 0.0100. The van der Waals surface area contributed by atoms with E-state index in [1.807, 2.05) is 6.07 Å². The zero-order valence-corrected chi connectivity index (χ0v) is 27.4. The summed E-state index contributed by atoms with van der Waals surface area (Å²) in [5.74, 6) is -1.86. The van der Waals surface area contributed by atoms with Crippen LogP contribution >= 0.6 is 22.9 Å². The molecule has 0 spiro atoms. The maximum Gasteiger partial charge on any atom is 0.319 e. The first-order valence-corrected chi connectivity index (χ1v) is 16.6. The van der Waals surface area contributed by atoms with Gasteiger partial charge in [-0.25, -0.2) is 17.6 Å². The Morgan fingerprint density at radius 3 is 2.85 bits per heavy atom. The van der Waals surface area contributed by atoms with E-state index in [0.29, 0.717) is 13.0 Å². The van der Waals surface area contributed by atoms with E-state index in [9.17, 15) is 18.8 Å². The molecule has 3 aliphatic heterocycles. The largest absolute Gasteiger partial charge is 0.461 e. The van der Waals surface area contributed by atoms with Crippen molar-refractivity contribution < 1.29 is 27.1 Å². The average molecular weight is 700 g/mol. The molecular weight excluding hydrogens is 670 g/mol. The van der Waals surface area contributed by atoms with Gasteiger partial charge in [-0.15, -0.1) is 11.3 Å². The van der Waals surface area contributed by atoms with Crippen molar-refractivity contribution in [3.8, 4) is 23.2 Å². The number of rotatable bonds is 7. The van der Waals surface area contributed by atoms with Gasteiger partial charge in [0.25, 0.3) is 0 Å². The van der Waals surface area contributed by atoms with Crippen molar-refractivity contribution in [3.63, 3.8) is 0 Å². The van der Waals surface area contributed by atoms with E-state index < -0.39 is 41.5 Å². The fourth-order valence-electron chi connectivity index (χ4n) is 7.47. The van der Waals surface area contributed by atoms with Gasteiger partial charge in [-0.3, -0.25) is 9.69 Å². The molecule has 7 rings (SSSR count). The summed E-state index contributed by atoms with van der Waals surface area (Å²) in [5, 5.41) is 10.1. The van der Waals surface area contributed by atoms with Crippen LogP contribution in [0, 0.1) is 23.0 Å². The highest BCUT2D eigenvalue weighted by atomic mass is 35.5. The number of fused-ring (bicyclic) bond motifs is 3. The van der Waals surface area contributed by atoms with Gasteiger partial charge in [0.15, 0.2) is 5.82 Å². The van der Waals surface area contributed by atoms with Gasteiger partial charge >= 0.3 is 6.01 Å². The molecule has 3 fully saturated rings. The number of likely N-dealkylation sites (tertiary alicyclic amines) is 1. The summed E-state index contributed by atoms with van der Waals surface area (Å²) in [6, 6.07) is 4.80. The maximum atomic E-state index is 16.9. The Bertz CT molecular complexity index is 2040. The number of likely N-dealkylation sites (N-methyl/N-ethyl adjacent to an activating group) is 1. The third-order valence-corrected chi connectivity index (χ3v) is 11.1. The highest BCUT2D eigenvalue weighted by molar-refractivity contribution is 7.23. The zero-order chi connectivity index (χ0) is 34.1. The van der Waals surface area contributed by atoms with Crippen molar-refractivity contribution in [2.45, 2.75) is 43.2 Å². The summed E-state index contributed by atoms with van der Waals surface area (Å²) in [5.41, 5.74) is 5.23. The van der Waals surface area contributed by atoms with E-state index in [1.54, 1.807) is 7.05 Å². The normalized spacial score (nSPS) is 23.9. The molecule has 0 aliphatic carbocycles. The lowest BCUT2D eigenvalue weighted by Crippen LogP contribution is -2.43. The molecule has 2 aromatic heterocycles. The number of nitrogens with two attached hydrogens (primary N) is 1. The quantitative estimate of drug-likeness (QED) is 0.184. The first-order valence-electron chi connectivity index (χ1n) is 15.4. The maximum absolute atomic E-state index is 16.9. The minimum Gasteiger partial charge on any atom is -0.461 e. The Balaban J connectivity index is 1.38. The third kappa shape index (κ3) is 5.10. The Hall–Kier alpha value is -4.19. The molecular formula is C33H30ClF4N7O2S. The minimum atomic E-state index is -1.47. The molecule has 9 nitrogen and oxygen atoms in total. The summed E-state index contributed by atoms with van der Waals surface area (Å²) < 4.78 is 67.9. The third-order valence-electron chi connectivity index (χ3n) is 9.81. The molecule has 1 amide bonds. The standard InChI is InChI=1S/C33H30ClF4N7O2S/c1-3-24(46)44-13-22(37)23(14-44)43(2)31-18-9-20(34)26(17-5-6-21(36)29-25(17)19(11-39)30(40)48-29)27(38)28(18)41-32(42-31)47-15-33-7-4-8-45(33)12-16(35)10-33/h3,5-6,9,16,22-23H,1,4,7-8,10,12-15,40H2,2H3/t16-,22-,23+,33+/m1/s1. The molecule has 250 valence electrons. The number of hydrogen-bond acceptors (Lipinski definition) is 9. The first kappa shape index (κ1) is 32.4. The number of nitriles is 1. The zero-order valence-electron chi connectivity index (χ0n) is 25.8. The topological polar surface area (TPSA) is 112 Å². The SMILES string of the molecule is C=CC(=O)N1C[C@@H](F)[C@@H](N(C)c2nc(OC[C@@]34CCCN3C[C@H](F)C4)nc3c(F)c(-c4ccc(F)c5sc(N)c(C#N)c45)c(Cl)cc23)C1.